The van der Waals surface area contributed by atoms with Crippen molar-refractivity contribution in [2.45, 2.75) is 25.8 Å². The lowest BCUT2D eigenvalue weighted by molar-refractivity contribution is 0.0951. The van der Waals surface area contributed by atoms with Gasteiger partial charge in [0.25, 0.3) is 5.91 Å². The van der Waals surface area contributed by atoms with Crippen LogP contribution < -0.4 is 5.32 Å². The van der Waals surface area contributed by atoms with Crippen molar-refractivity contribution in [3.8, 4) is 16.9 Å². The van der Waals surface area contributed by atoms with Crippen LogP contribution in [0.4, 0.5) is 0 Å². The Kier molecular flexibility index (Phi) is 4.54. The van der Waals surface area contributed by atoms with Crippen LogP contribution in [0.2, 0.25) is 0 Å². The molecule has 2 aromatic carbocycles. The number of benzene rings is 2. The fraction of sp³-hybridized carbons (Fsp3) is 0.182. The van der Waals surface area contributed by atoms with E-state index in [-0.39, 0.29) is 5.91 Å². The van der Waals surface area contributed by atoms with Crippen molar-refractivity contribution in [2.24, 2.45) is 0 Å². The number of aryl methyl sites for hydroxylation is 1. The molecule has 1 amide bonds. The summed E-state index contributed by atoms with van der Waals surface area (Å²) < 4.78 is 2.93. The SMILES string of the molecule is Cc1ccc(C(=O)NC2CC2)cc1-n1ncc2c(-c3cccc(I)c3)ncnc21. The largest absolute Gasteiger partial charge is 0.349 e. The first-order valence-corrected chi connectivity index (χ1v) is 10.5. The highest BCUT2D eigenvalue weighted by Gasteiger charge is 2.24. The molecule has 6 nitrogen and oxygen atoms in total. The number of nitrogens with zero attached hydrogens (tertiary/aromatic N) is 4. The van der Waals surface area contributed by atoms with Crippen LogP contribution in [0.25, 0.3) is 28.0 Å². The maximum atomic E-state index is 12.5. The Hall–Kier alpha value is -2.81. The van der Waals surface area contributed by atoms with Crippen molar-refractivity contribution in [3.05, 3.63) is 69.7 Å². The Balaban J connectivity index is 1.61. The summed E-state index contributed by atoms with van der Waals surface area (Å²) in [4.78, 5) is 21.5. The Labute approximate surface area is 181 Å². The van der Waals surface area contributed by atoms with E-state index in [4.69, 9.17) is 0 Å². The Morgan fingerprint density at radius 2 is 2.03 bits per heavy atom. The third-order valence-corrected chi connectivity index (χ3v) is 5.75. The minimum Gasteiger partial charge on any atom is -0.349 e. The highest BCUT2D eigenvalue weighted by molar-refractivity contribution is 14.1. The average molecular weight is 495 g/mol. The van der Waals surface area contributed by atoms with Crippen LogP contribution in [0.3, 0.4) is 0 Å². The van der Waals surface area contributed by atoms with Crippen LogP contribution in [0.1, 0.15) is 28.8 Å². The molecule has 144 valence electrons. The number of halogens is 1. The molecule has 0 aliphatic heterocycles. The predicted molar refractivity (Wildman–Crippen MR) is 120 cm³/mol. The Bertz CT molecular complexity index is 1250. The molecule has 0 saturated heterocycles. The summed E-state index contributed by atoms with van der Waals surface area (Å²) in [7, 11) is 0. The standard InChI is InChI=1S/C22H18IN5O/c1-13-5-6-15(22(29)27-17-7-8-17)10-19(13)28-21-18(11-26-28)20(24-12-25-21)14-3-2-4-16(23)9-14/h2-6,9-12,17H,7-8H2,1H3,(H,27,29). The molecule has 0 atom stereocenters. The second-order valence-electron chi connectivity index (χ2n) is 7.28. The summed E-state index contributed by atoms with van der Waals surface area (Å²) in [6.45, 7) is 2.01. The molecule has 1 aliphatic rings. The van der Waals surface area contributed by atoms with Crippen LogP contribution in [0.5, 0.6) is 0 Å². The monoisotopic (exact) mass is 495 g/mol. The lowest BCUT2D eigenvalue weighted by Gasteiger charge is -2.10. The van der Waals surface area contributed by atoms with Gasteiger partial charge < -0.3 is 5.32 Å². The van der Waals surface area contributed by atoms with E-state index >= 15 is 0 Å². The number of amides is 1. The van der Waals surface area contributed by atoms with Gasteiger partial charge in [-0.15, -0.1) is 0 Å². The van der Waals surface area contributed by atoms with Gasteiger partial charge in [-0.3, -0.25) is 4.79 Å². The second-order valence-corrected chi connectivity index (χ2v) is 8.52. The highest BCUT2D eigenvalue weighted by atomic mass is 127. The zero-order valence-electron chi connectivity index (χ0n) is 15.8. The van der Waals surface area contributed by atoms with Crippen molar-refractivity contribution in [1.29, 1.82) is 0 Å². The van der Waals surface area contributed by atoms with Gasteiger partial charge in [-0.25, -0.2) is 14.6 Å². The molecule has 1 N–H and O–H groups in total. The van der Waals surface area contributed by atoms with Gasteiger partial charge in [-0.2, -0.15) is 5.10 Å². The summed E-state index contributed by atoms with van der Waals surface area (Å²) in [5, 5.41) is 8.51. The predicted octanol–water partition coefficient (Wildman–Crippen LogP) is 4.29. The van der Waals surface area contributed by atoms with Crippen LogP contribution in [-0.2, 0) is 0 Å². The van der Waals surface area contributed by atoms with Crippen molar-refractivity contribution in [1.82, 2.24) is 25.1 Å². The summed E-state index contributed by atoms with van der Waals surface area (Å²) >= 11 is 2.29. The third kappa shape index (κ3) is 3.50. The topological polar surface area (TPSA) is 72.7 Å². The average Bonchev–Trinajstić information content (AvgIpc) is 3.43. The smallest absolute Gasteiger partial charge is 0.251 e. The molecule has 29 heavy (non-hydrogen) atoms. The Morgan fingerprint density at radius 3 is 2.83 bits per heavy atom. The maximum Gasteiger partial charge on any atom is 0.251 e. The molecule has 1 fully saturated rings. The van der Waals surface area contributed by atoms with Gasteiger partial charge in [-0.1, -0.05) is 18.2 Å². The number of carbonyl (C=O) groups excluding carboxylic acids is 1. The van der Waals surface area contributed by atoms with Crippen LogP contribution in [-0.4, -0.2) is 31.7 Å². The fourth-order valence-electron chi connectivity index (χ4n) is 3.36. The number of rotatable bonds is 4. The molecule has 7 heteroatoms. The summed E-state index contributed by atoms with van der Waals surface area (Å²) in [5.41, 5.74) is 5.09. The van der Waals surface area contributed by atoms with E-state index in [0.717, 1.165) is 50.0 Å². The molecule has 0 radical (unpaired) electrons. The molecular formula is C22H18IN5O. The van der Waals surface area contributed by atoms with Crippen molar-refractivity contribution in [2.75, 3.05) is 0 Å². The summed E-state index contributed by atoms with van der Waals surface area (Å²) in [6, 6.07) is 14.2. The molecule has 0 unspecified atom stereocenters. The third-order valence-electron chi connectivity index (χ3n) is 5.08. The quantitative estimate of drug-likeness (QED) is 0.429. The molecular weight excluding hydrogens is 477 g/mol. The minimum absolute atomic E-state index is 0.0422. The maximum absolute atomic E-state index is 12.5. The lowest BCUT2D eigenvalue weighted by Crippen LogP contribution is -2.25. The van der Waals surface area contributed by atoms with Crippen molar-refractivity contribution < 1.29 is 4.79 Å². The zero-order valence-corrected chi connectivity index (χ0v) is 17.9. The van der Waals surface area contributed by atoms with Crippen LogP contribution in [0, 0.1) is 10.5 Å². The van der Waals surface area contributed by atoms with E-state index in [1.807, 2.05) is 43.3 Å². The van der Waals surface area contributed by atoms with Gasteiger partial charge in [0, 0.05) is 20.7 Å². The number of nitrogens with one attached hydrogen (secondary N) is 1. The minimum atomic E-state index is -0.0422. The summed E-state index contributed by atoms with van der Waals surface area (Å²) in [6.07, 6.45) is 5.48. The fourth-order valence-corrected chi connectivity index (χ4v) is 3.90. The van der Waals surface area contributed by atoms with Crippen molar-refractivity contribution >= 4 is 39.5 Å². The number of carbonyl (C=O) groups is 1. The first-order valence-electron chi connectivity index (χ1n) is 9.47. The molecule has 1 saturated carbocycles. The number of hydrogen-bond acceptors (Lipinski definition) is 4. The lowest BCUT2D eigenvalue weighted by atomic mass is 10.1. The van der Waals surface area contributed by atoms with Gasteiger partial charge in [-0.05, 0) is 72.2 Å². The summed E-state index contributed by atoms with van der Waals surface area (Å²) in [5.74, 6) is -0.0422. The molecule has 2 aromatic heterocycles. The van der Waals surface area contributed by atoms with E-state index in [2.05, 4.69) is 49.0 Å². The second kappa shape index (κ2) is 7.22. The van der Waals surface area contributed by atoms with Gasteiger partial charge in [0.15, 0.2) is 5.65 Å². The molecule has 0 bridgehead atoms. The van der Waals surface area contributed by atoms with Gasteiger partial charge in [0.1, 0.15) is 6.33 Å². The molecule has 0 spiro atoms. The zero-order chi connectivity index (χ0) is 20.0. The van der Waals surface area contributed by atoms with E-state index in [1.54, 1.807) is 17.2 Å². The number of fused-ring (bicyclic) bond motifs is 1. The van der Waals surface area contributed by atoms with E-state index < -0.39 is 0 Å². The first kappa shape index (κ1) is 18.2. The number of aromatic nitrogens is 4. The van der Waals surface area contributed by atoms with Crippen LogP contribution in [0.15, 0.2) is 55.0 Å². The van der Waals surface area contributed by atoms with Crippen molar-refractivity contribution in [3.63, 3.8) is 0 Å². The van der Waals surface area contributed by atoms with Gasteiger partial charge in [0.2, 0.25) is 0 Å². The van der Waals surface area contributed by atoms with Gasteiger partial charge in [0.05, 0.1) is 23.0 Å². The van der Waals surface area contributed by atoms with E-state index in [9.17, 15) is 4.79 Å². The van der Waals surface area contributed by atoms with E-state index in [0.29, 0.717) is 11.6 Å². The Morgan fingerprint density at radius 1 is 1.17 bits per heavy atom. The number of hydrogen-bond donors (Lipinski definition) is 1. The van der Waals surface area contributed by atoms with Crippen LogP contribution >= 0.6 is 22.6 Å². The first-order chi connectivity index (χ1) is 14.1. The van der Waals surface area contributed by atoms with Gasteiger partial charge >= 0.3 is 0 Å². The normalized spacial score (nSPS) is 13.6. The molecule has 2 heterocycles. The van der Waals surface area contributed by atoms with E-state index in [1.165, 1.54) is 0 Å². The molecule has 1 aliphatic carbocycles. The molecule has 5 rings (SSSR count). The highest BCUT2D eigenvalue weighted by Crippen LogP contribution is 2.28. The molecule has 4 aromatic rings.